The van der Waals surface area contributed by atoms with Gasteiger partial charge in [-0.05, 0) is 48.0 Å². The summed E-state index contributed by atoms with van der Waals surface area (Å²) in [5, 5.41) is 2.80. The molecule has 0 saturated carbocycles. The minimum Gasteiger partial charge on any atom is -0.497 e. The predicted octanol–water partition coefficient (Wildman–Crippen LogP) is 3.95. The molecule has 1 heterocycles. The maximum atomic E-state index is 12.9. The van der Waals surface area contributed by atoms with Crippen molar-refractivity contribution in [1.29, 1.82) is 0 Å². The third-order valence-electron chi connectivity index (χ3n) is 4.79. The van der Waals surface area contributed by atoms with E-state index in [0.717, 1.165) is 0 Å². The van der Waals surface area contributed by atoms with E-state index in [9.17, 15) is 9.59 Å². The summed E-state index contributed by atoms with van der Waals surface area (Å²) in [5.74, 6) is 1.65. The number of anilines is 1. The minimum absolute atomic E-state index is 0.107. The van der Waals surface area contributed by atoms with Crippen LogP contribution >= 0.6 is 24.0 Å². The Balaban J connectivity index is 1.67. The van der Waals surface area contributed by atoms with Crippen LogP contribution in [0.5, 0.6) is 23.0 Å². The molecule has 3 rings (SSSR count). The molecular formula is C23H24N2O6S2. The van der Waals surface area contributed by atoms with Crippen molar-refractivity contribution in [2.75, 3.05) is 40.3 Å². The summed E-state index contributed by atoms with van der Waals surface area (Å²) in [4.78, 5) is 27.1. The van der Waals surface area contributed by atoms with Crippen molar-refractivity contribution < 1.29 is 28.5 Å². The van der Waals surface area contributed by atoms with Crippen LogP contribution in [-0.2, 0) is 9.59 Å². The Bertz CT molecular complexity index is 1060. The molecule has 0 aromatic heterocycles. The molecule has 2 aromatic rings. The Hall–Kier alpha value is -3.24. The normalized spacial score (nSPS) is 14.4. The van der Waals surface area contributed by atoms with Gasteiger partial charge in [0, 0.05) is 18.7 Å². The van der Waals surface area contributed by atoms with Crippen LogP contribution in [0.3, 0.4) is 0 Å². The first-order valence-corrected chi connectivity index (χ1v) is 11.1. The third kappa shape index (κ3) is 5.77. The van der Waals surface area contributed by atoms with Crippen LogP contribution in [0.4, 0.5) is 5.69 Å². The van der Waals surface area contributed by atoms with Gasteiger partial charge in [0.15, 0.2) is 11.5 Å². The number of hydrogen-bond acceptors (Lipinski definition) is 8. The van der Waals surface area contributed by atoms with Gasteiger partial charge in [-0.25, -0.2) is 0 Å². The third-order valence-corrected chi connectivity index (χ3v) is 6.17. The van der Waals surface area contributed by atoms with Crippen LogP contribution in [0.25, 0.3) is 6.08 Å². The molecule has 0 aliphatic carbocycles. The topological polar surface area (TPSA) is 86.3 Å². The van der Waals surface area contributed by atoms with Gasteiger partial charge in [-0.2, -0.15) is 0 Å². The van der Waals surface area contributed by atoms with Gasteiger partial charge in [0.05, 0.1) is 33.3 Å². The summed E-state index contributed by atoms with van der Waals surface area (Å²) >= 11 is 6.55. The molecule has 0 spiro atoms. The first kappa shape index (κ1) is 24.4. The Morgan fingerprint density at radius 2 is 1.67 bits per heavy atom. The van der Waals surface area contributed by atoms with Crippen LogP contribution in [0.2, 0.25) is 0 Å². The summed E-state index contributed by atoms with van der Waals surface area (Å²) in [6, 6.07) is 10.5. The highest BCUT2D eigenvalue weighted by Crippen LogP contribution is 2.40. The number of thioether (sulfide) groups is 1. The van der Waals surface area contributed by atoms with E-state index < -0.39 is 0 Å². The highest BCUT2D eigenvalue weighted by atomic mass is 32.2. The van der Waals surface area contributed by atoms with Crippen LogP contribution in [0.15, 0.2) is 41.3 Å². The fourth-order valence-electron chi connectivity index (χ4n) is 3.14. The molecule has 1 saturated heterocycles. The molecule has 0 bridgehead atoms. The number of carbonyl (C=O) groups excluding carboxylic acids is 2. The number of benzene rings is 2. The fraction of sp³-hybridized carbons (Fsp3) is 0.261. The molecule has 1 fully saturated rings. The van der Waals surface area contributed by atoms with E-state index in [1.165, 1.54) is 38.0 Å². The van der Waals surface area contributed by atoms with Gasteiger partial charge in [0.25, 0.3) is 5.91 Å². The van der Waals surface area contributed by atoms with E-state index >= 15 is 0 Å². The summed E-state index contributed by atoms with van der Waals surface area (Å²) in [5.41, 5.74) is 1.34. The molecule has 0 unspecified atom stereocenters. The zero-order chi connectivity index (χ0) is 24.0. The summed E-state index contributed by atoms with van der Waals surface area (Å²) in [7, 11) is 6.15. The van der Waals surface area contributed by atoms with E-state index in [-0.39, 0.29) is 24.8 Å². The van der Waals surface area contributed by atoms with Gasteiger partial charge in [0.2, 0.25) is 11.7 Å². The Labute approximate surface area is 201 Å². The number of methoxy groups -OCH3 is 4. The average Bonchev–Trinajstić information content (AvgIpc) is 3.09. The Morgan fingerprint density at radius 1 is 1.03 bits per heavy atom. The molecule has 33 heavy (non-hydrogen) atoms. The van der Waals surface area contributed by atoms with Crippen LogP contribution in [-0.4, -0.2) is 56.0 Å². The first-order valence-electron chi connectivity index (χ1n) is 9.89. The molecule has 1 aliphatic rings. The standard InChI is InChI=1S/C23H24N2O6S2/c1-28-16-7-5-15(6-8-16)24-20(26)9-10-25-22(27)19(33-23(25)32)13-14-11-17(29-2)21(31-4)18(12-14)30-3/h5-8,11-13H,9-10H2,1-4H3,(H,24,26)/b19-13+. The molecule has 2 aromatic carbocycles. The summed E-state index contributed by atoms with van der Waals surface area (Å²) in [6.07, 6.45) is 1.82. The number of carbonyl (C=O) groups is 2. The second kappa shape index (κ2) is 11.1. The second-order valence-corrected chi connectivity index (χ2v) is 8.49. The van der Waals surface area contributed by atoms with Crippen LogP contribution in [0.1, 0.15) is 12.0 Å². The minimum atomic E-state index is -0.254. The van der Waals surface area contributed by atoms with Crippen molar-refractivity contribution in [3.63, 3.8) is 0 Å². The molecule has 10 heteroatoms. The molecule has 0 radical (unpaired) electrons. The SMILES string of the molecule is COc1ccc(NC(=O)CCN2C(=O)/C(=C\c3cc(OC)c(OC)c(OC)c3)SC2=S)cc1. The molecule has 2 amide bonds. The number of thiocarbonyl (C=S) groups is 1. The number of ether oxygens (including phenoxy) is 4. The Morgan fingerprint density at radius 3 is 2.21 bits per heavy atom. The van der Waals surface area contributed by atoms with Crippen molar-refractivity contribution in [3.05, 3.63) is 46.9 Å². The van der Waals surface area contributed by atoms with Crippen molar-refractivity contribution in [2.24, 2.45) is 0 Å². The molecular weight excluding hydrogens is 464 g/mol. The highest BCUT2D eigenvalue weighted by molar-refractivity contribution is 8.26. The number of hydrogen-bond donors (Lipinski definition) is 1. The smallest absolute Gasteiger partial charge is 0.266 e. The van der Waals surface area contributed by atoms with Crippen molar-refractivity contribution in [1.82, 2.24) is 4.90 Å². The molecule has 1 aliphatic heterocycles. The van der Waals surface area contributed by atoms with E-state index in [4.69, 9.17) is 31.2 Å². The zero-order valence-corrected chi connectivity index (χ0v) is 20.3. The lowest BCUT2D eigenvalue weighted by Gasteiger charge is -2.14. The highest BCUT2D eigenvalue weighted by Gasteiger charge is 2.32. The van der Waals surface area contributed by atoms with E-state index in [0.29, 0.717) is 43.5 Å². The van der Waals surface area contributed by atoms with Gasteiger partial charge < -0.3 is 24.3 Å². The lowest BCUT2D eigenvalue weighted by molar-refractivity contribution is -0.122. The van der Waals surface area contributed by atoms with Gasteiger partial charge in [0.1, 0.15) is 10.1 Å². The lowest BCUT2D eigenvalue weighted by Crippen LogP contribution is -2.31. The molecule has 0 atom stereocenters. The average molecular weight is 489 g/mol. The first-order chi connectivity index (χ1) is 15.9. The largest absolute Gasteiger partial charge is 0.497 e. The summed E-state index contributed by atoms with van der Waals surface area (Å²) < 4.78 is 21.6. The van der Waals surface area contributed by atoms with E-state index in [1.54, 1.807) is 49.6 Å². The second-order valence-electron chi connectivity index (χ2n) is 6.82. The molecule has 1 N–H and O–H groups in total. The fourth-order valence-corrected chi connectivity index (χ4v) is 4.45. The number of nitrogens with one attached hydrogen (secondary N) is 1. The van der Waals surface area contributed by atoms with Crippen LogP contribution in [0, 0.1) is 0 Å². The molecule has 8 nitrogen and oxygen atoms in total. The quantitative estimate of drug-likeness (QED) is 0.420. The number of amides is 2. The summed E-state index contributed by atoms with van der Waals surface area (Å²) in [6.45, 7) is 0.180. The number of rotatable bonds is 9. The van der Waals surface area contributed by atoms with Gasteiger partial charge >= 0.3 is 0 Å². The van der Waals surface area contributed by atoms with E-state index in [2.05, 4.69) is 5.32 Å². The maximum Gasteiger partial charge on any atom is 0.266 e. The predicted molar refractivity (Wildman–Crippen MR) is 132 cm³/mol. The monoisotopic (exact) mass is 488 g/mol. The maximum absolute atomic E-state index is 12.9. The lowest BCUT2D eigenvalue weighted by atomic mass is 10.1. The van der Waals surface area contributed by atoms with Gasteiger partial charge in [-0.1, -0.05) is 24.0 Å². The van der Waals surface area contributed by atoms with E-state index in [1.807, 2.05) is 0 Å². The van der Waals surface area contributed by atoms with Crippen LogP contribution < -0.4 is 24.3 Å². The van der Waals surface area contributed by atoms with Crippen molar-refractivity contribution >= 4 is 51.9 Å². The van der Waals surface area contributed by atoms with Crippen molar-refractivity contribution in [2.45, 2.75) is 6.42 Å². The number of nitrogens with zero attached hydrogens (tertiary/aromatic N) is 1. The van der Waals surface area contributed by atoms with Crippen molar-refractivity contribution in [3.8, 4) is 23.0 Å². The zero-order valence-electron chi connectivity index (χ0n) is 18.7. The molecule has 174 valence electrons. The van der Waals surface area contributed by atoms with Gasteiger partial charge in [-0.3, -0.25) is 14.5 Å². The van der Waals surface area contributed by atoms with Gasteiger partial charge in [-0.15, -0.1) is 0 Å². The Kier molecular flexibility index (Phi) is 8.18.